The smallest absolute Gasteiger partial charge is 0.274 e. The first-order chi connectivity index (χ1) is 10.3. The molecule has 2 heterocycles. The number of rotatable bonds is 3. The molecule has 5 nitrogen and oxygen atoms in total. The van der Waals surface area contributed by atoms with Crippen LogP contribution in [-0.4, -0.2) is 45.1 Å². The van der Waals surface area contributed by atoms with Gasteiger partial charge in [-0.05, 0) is 37.8 Å². The molecule has 0 radical (unpaired) electrons. The Morgan fingerprint density at radius 3 is 2.90 bits per heavy atom. The van der Waals surface area contributed by atoms with Crippen molar-refractivity contribution in [2.24, 2.45) is 0 Å². The predicted molar refractivity (Wildman–Crippen MR) is 79.9 cm³/mol. The Kier molecular flexibility index (Phi) is 4.10. The molecule has 0 aliphatic carbocycles. The number of likely N-dealkylation sites (tertiary alicyclic amines) is 1. The largest absolute Gasteiger partial charge is 0.396 e. The highest BCUT2D eigenvalue weighted by atomic mass is 16.3. The van der Waals surface area contributed by atoms with Crippen LogP contribution in [0.1, 0.15) is 36.2 Å². The molecule has 5 heteroatoms. The van der Waals surface area contributed by atoms with Crippen molar-refractivity contribution in [3.8, 4) is 0 Å². The molecule has 3 rings (SSSR count). The first-order valence-corrected chi connectivity index (χ1v) is 7.43. The fourth-order valence-corrected chi connectivity index (χ4v) is 2.92. The van der Waals surface area contributed by atoms with Crippen LogP contribution in [0.15, 0.2) is 30.5 Å². The maximum absolute atomic E-state index is 12.7. The van der Waals surface area contributed by atoms with Crippen LogP contribution in [0.25, 0.3) is 11.0 Å². The minimum absolute atomic E-state index is 0.0774. The Balaban J connectivity index is 1.87. The molecule has 1 amide bonds. The van der Waals surface area contributed by atoms with Gasteiger partial charge < -0.3 is 10.0 Å². The number of amides is 1. The number of aromatic nitrogens is 2. The van der Waals surface area contributed by atoms with E-state index in [0.29, 0.717) is 12.1 Å². The lowest BCUT2D eigenvalue weighted by molar-refractivity contribution is 0.0568. The lowest BCUT2D eigenvalue weighted by atomic mass is 9.99. The number of hydrogen-bond donors (Lipinski definition) is 1. The zero-order chi connectivity index (χ0) is 14.7. The number of fused-ring (bicyclic) bond motifs is 1. The lowest BCUT2D eigenvalue weighted by Crippen LogP contribution is -2.44. The molecular weight excluding hydrogens is 266 g/mol. The highest BCUT2D eigenvalue weighted by molar-refractivity contribution is 5.94. The van der Waals surface area contributed by atoms with Gasteiger partial charge in [0.05, 0.1) is 17.2 Å². The van der Waals surface area contributed by atoms with Crippen molar-refractivity contribution in [2.45, 2.75) is 31.7 Å². The Hall–Kier alpha value is -2.01. The van der Waals surface area contributed by atoms with Gasteiger partial charge in [-0.25, -0.2) is 4.98 Å². The van der Waals surface area contributed by atoms with Crippen LogP contribution < -0.4 is 0 Å². The van der Waals surface area contributed by atoms with E-state index >= 15 is 0 Å². The van der Waals surface area contributed by atoms with Crippen molar-refractivity contribution in [3.05, 3.63) is 36.2 Å². The summed E-state index contributed by atoms with van der Waals surface area (Å²) in [7, 11) is 0. The van der Waals surface area contributed by atoms with Gasteiger partial charge in [-0.2, -0.15) is 0 Å². The predicted octanol–water partition coefficient (Wildman–Crippen LogP) is 2.01. The summed E-state index contributed by atoms with van der Waals surface area (Å²) in [4.78, 5) is 23.3. The maximum Gasteiger partial charge on any atom is 0.274 e. The molecule has 1 aromatic carbocycles. The zero-order valence-corrected chi connectivity index (χ0v) is 11.9. The van der Waals surface area contributed by atoms with E-state index in [1.165, 1.54) is 0 Å². The molecule has 110 valence electrons. The Morgan fingerprint density at radius 2 is 2.10 bits per heavy atom. The van der Waals surface area contributed by atoms with E-state index in [9.17, 15) is 4.79 Å². The lowest BCUT2D eigenvalue weighted by Gasteiger charge is -2.35. The van der Waals surface area contributed by atoms with Gasteiger partial charge in [0.2, 0.25) is 0 Å². The van der Waals surface area contributed by atoms with Crippen LogP contribution in [0.4, 0.5) is 0 Å². The van der Waals surface area contributed by atoms with Crippen LogP contribution in [-0.2, 0) is 0 Å². The molecule has 0 spiro atoms. The van der Waals surface area contributed by atoms with Crippen LogP contribution in [0.2, 0.25) is 0 Å². The van der Waals surface area contributed by atoms with Crippen LogP contribution >= 0.6 is 0 Å². The first-order valence-electron chi connectivity index (χ1n) is 7.43. The molecule has 0 saturated carbocycles. The summed E-state index contributed by atoms with van der Waals surface area (Å²) in [5.74, 6) is -0.0774. The summed E-state index contributed by atoms with van der Waals surface area (Å²) >= 11 is 0. The number of nitrogens with zero attached hydrogens (tertiary/aromatic N) is 3. The van der Waals surface area contributed by atoms with Gasteiger partial charge in [-0.3, -0.25) is 9.78 Å². The number of carbonyl (C=O) groups is 1. The SMILES string of the molecule is O=C(c1cnc2ccccc2n1)N1CCCC[C@@H]1CCO. The fraction of sp³-hybridized carbons (Fsp3) is 0.438. The average Bonchev–Trinajstić information content (AvgIpc) is 2.54. The molecule has 1 aromatic heterocycles. The molecule has 21 heavy (non-hydrogen) atoms. The zero-order valence-electron chi connectivity index (χ0n) is 11.9. The molecule has 0 bridgehead atoms. The topological polar surface area (TPSA) is 66.3 Å². The number of hydrogen-bond acceptors (Lipinski definition) is 4. The van der Waals surface area contributed by atoms with Crippen LogP contribution in [0.3, 0.4) is 0 Å². The monoisotopic (exact) mass is 285 g/mol. The number of aliphatic hydroxyl groups excluding tert-OH is 1. The van der Waals surface area contributed by atoms with Crippen molar-refractivity contribution >= 4 is 16.9 Å². The molecule has 1 aliphatic heterocycles. The summed E-state index contributed by atoms with van der Waals surface area (Å²) in [6.45, 7) is 0.843. The van der Waals surface area contributed by atoms with E-state index in [1.54, 1.807) is 6.20 Å². The van der Waals surface area contributed by atoms with Crippen molar-refractivity contribution in [3.63, 3.8) is 0 Å². The van der Waals surface area contributed by atoms with Crippen LogP contribution in [0, 0.1) is 0 Å². The van der Waals surface area contributed by atoms with Crippen LogP contribution in [0.5, 0.6) is 0 Å². The number of para-hydroxylation sites is 2. The average molecular weight is 285 g/mol. The normalized spacial score (nSPS) is 18.9. The number of benzene rings is 1. The number of carbonyl (C=O) groups excluding carboxylic acids is 1. The second kappa shape index (κ2) is 6.18. The minimum Gasteiger partial charge on any atom is -0.396 e. The fourth-order valence-electron chi connectivity index (χ4n) is 2.92. The van der Waals surface area contributed by atoms with Gasteiger partial charge in [0.15, 0.2) is 0 Å². The Labute approximate surface area is 123 Å². The van der Waals surface area contributed by atoms with Gasteiger partial charge in [0.25, 0.3) is 5.91 Å². The van der Waals surface area contributed by atoms with Crippen molar-refractivity contribution < 1.29 is 9.90 Å². The standard InChI is InChI=1S/C16H19N3O2/c20-10-8-12-5-3-4-9-19(12)16(21)15-11-17-13-6-1-2-7-14(13)18-15/h1-2,6-7,11-12,20H,3-5,8-10H2/t12-/m1/s1. The van der Waals surface area contributed by atoms with E-state index < -0.39 is 0 Å². The second-order valence-electron chi connectivity index (χ2n) is 5.40. The highest BCUT2D eigenvalue weighted by Gasteiger charge is 2.28. The first kappa shape index (κ1) is 13.9. The molecule has 1 N–H and O–H groups in total. The van der Waals surface area contributed by atoms with E-state index in [2.05, 4.69) is 9.97 Å². The second-order valence-corrected chi connectivity index (χ2v) is 5.40. The van der Waals surface area contributed by atoms with Gasteiger partial charge in [-0.1, -0.05) is 12.1 Å². The van der Waals surface area contributed by atoms with Gasteiger partial charge in [-0.15, -0.1) is 0 Å². The van der Waals surface area contributed by atoms with Crippen molar-refractivity contribution in [1.82, 2.24) is 14.9 Å². The highest BCUT2D eigenvalue weighted by Crippen LogP contribution is 2.21. The maximum atomic E-state index is 12.7. The third-order valence-corrected chi connectivity index (χ3v) is 4.02. The molecule has 1 saturated heterocycles. The van der Waals surface area contributed by atoms with E-state index in [1.807, 2.05) is 29.2 Å². The molecule has 1 atom stereocenters. The summed E-state index contributed by atoms with van der Waals surface area (Å²) in [5, 5.41) is 9.16. The summed E-state index contributed by atoms with van der Waals surface area (Å²) in [6, 6.07) is 7.65. The van der Waals surface area contributed by atoms with Gasteiger partial charge >= 0.3 is 0 Å². The van der Waals surface area contributed by atoms with E-state index in [0.717, 1.165) is 36.8 Å². The molecular formula is C16H19N3O2. The van der Waals surface area contributed by atoms with E-state index in [4.69, 9.17) is 5.11 Å². The van der Waals surface area contributed by atoms with Gasteiger partial charge in [0, 0.05) is 19.2 Å². The molecule has 0 unspecified atom stereocenters. The number of aliphatic hydroxyl groups is 1. The summed E-state index contributed by atoms with van der Waals surface area (Å²) in [5.41, 5.74) is 1.91. The van der Waals surface area contributed by atoms with Crippen molar-refractivity contribution in [1.29, 1.82) is 0 Å². The molecule has 1 fully saturated rings. The minimum atomic E-state index is -0.0774. The third kappa shape index (κ3) is 2.88. The Bertz CT molecular complexity index is 642. The number of piperidine rings is 1. The van der Waals surface area contributed by atoms with E-state index in [-0.39, 0.29) is 18.6 Å². The summed E-state index contributed by atoms with van der Waals surface area (Å²) < 4.78 is 0. The molecule has 1 aliphatic rings. The molecule has 2 aromatic rings. The Morgan fingerprint density at radius 1 is 1.29 bits per heavy atom. The summed E-state index contributed by atoms with van der Waals surface area (Å²) in [6.07, 6.45) is 5.25. The van der Waals surface area contributed by atoms with Gasteiger partial charge in [0.1, 0.15) is 5.69 Å². The third-order valence-electron chi connectivity index (χ3n) is 4.02. The quantitative estimate of drug-likeness (QED) is 0.936. The van der Waals surface area contributed by atoms with Crippen molar-refractivity contribution in [2.75, 3.05) is 13.2 Å².